The van der Waals surface area contributed by atoms with E-state index in [4.69, 9.17) is 0 Å². The Balaban J connectivity index is 1.96. The number of aryl methyl sites for hydroxylation is 1. The van der Waals surface area contributed by atoms with E-state index < -0.39 is 0 Å². The van der Waals surface area contributed by atoms with Crippen molar-refractivity contribution < 1.29 is 0 Å². The summed E-state index contributed by atoms with van der Waals surface area (Å²) in [6.07, 6.45) is 4.53. The molecule has 0 radical (unpaired) electrons. The average molecular weight is 205 g/mol. The van der Waals surface area contributed by atoms with Crippen LogP contribution in [0.3, 0.4) is 0 Å². The summed E-state index contributed by atoms with van der Waals surface area (Å²) >= 11 is 0. The van der Waals surface area contributed by atoms with Gasteiger partial charge in [-0.05, 0) is 38.3 Å². The molecule has 1 atom stereocenters. The summed E-state index contributed by atoms with van der Waals surface area (Å²) in [5.74, 6) is 1.78. The lowest BCUT2D eigenvalue weighted by molar-refractivity contribution is 0.173. The normalized spacial score (nSPS) is 22.9. The monoisotopic (exact) mass is 205 g/mol. The van der Waals surface area contributed by atoms with E-state index in [1.165, 1.54) is 25.9 Å². The fraction of sp³-hybridized carbons (Fsp3) is 0.667. The second-order valence-electron chi connectivity index (χ2n) is 4.60. The van der Waals surface area contributed by atoms with E-state index in [0.29, 0.717) is 0 Å². The SMILES string of the molecule is Cc1ccnc(CN2CCCC(C)C2)n1. The lowest BCUT2D eigenvalue weighted by atomic mass is 10.0. The molecule has 1 aliphatic rings. The van der Waals surface area contributed by atoms with Gasteiger partial charge in [0.25, 0.3) is 0 Å². The second kappa shape index (κ2) is 4.71. The Morgan fingerprint density at radius 2 is 2.40 bits per heavy atom. The number of likely N-dealkylation sites (tertiary alicyclic amines) is 1. The first-order chi connectivity index (χ1) is 7.24. The third kappa shape index (κ3) is 2.99. The van der Waals surface area contributed by atoms with Crippen LogP contribution in [0.25, 0.3) is 0 Å². The Labute approximate surface area is 91.5 Å². The zero-order valence-electron chi connectivity index (χ0n) is 9.61. The van der Waals surface area contributed by atoms with Crippen LogP contribution in [0.5, 0.6) is 0 Å². The van der Waals surface area contributed by atoms with Gasteiger partial charge in [0.1, 0.15) is 5.82 Å². The van der Waals surface area contributed by atoms with Crippen LogP contribution in [-0.4, -0.2) is 28.0 Å². The van der Waals surface area contributed by atoms with Crippen molar-refractivity contribution in [2.75, 3.05) is 13.1 Å². The van der Waals surface area contributed by atoms with E-state index >= 15 is 0 Å². The fourth-order valence-corrected chi connectivity index (χ4v) is 2.21. The summed E-state index contributed by atoms with van der Waals surface area (Å²) in [4.78, 5) is 11.2. The van der Waals surface area contributed by atoms with Crippen molar-refractivity contribution in [2.45, 2.75) is 33.2 Å². The molecule has 1 aliphatic heterocycles. The quantitative estimate of drug-likeness (QED) is 0.739. The molecule has 2 rings (SSSR count). The molecule has 0 aromatic carbocycles. The maximum Gasteiger partial charge on any atom is 0.142 e. The number of piperidine rings is 1. The minimum Gasteiger partial charge on any atom is -0.296 e. The van der Waals surface area contributed by atoms with Gasteiger partial charge in [0, 0.05) is 18.4 Å². The Kier molecular flexibility index (Phi) is 3.31. The highest BCUT2D eigenvalue weighted by molar-refractivity contribution is 4.99. The molecule has 1 fully saturated rings. The number of nitrogens with zero attached hydrogens (tertiary/aromatic N) is 3. The van der Waals surface area contributed by atoms with Crippen molar-refractivity contribution in [3.05, 3.63) is 23.8 Å². The maximum atomic E-state index is 4.44. The predicted molar refractivity (Wildman–Crippen MR) is 60.4 cm³/mol. The van der Waals surface area contributed by atoms with Gasteiger partial charge in [0.15, 0.2) is 0 Å². The predicted octanol–water partition coefficient (Wildman–Crippen LogP) is 2.02. The van der Waals surface area contributed by atoms with Gasteiger partial charge in [-0.3, -0.25) is 4.90 Å². The Morgan fingerprint density at radius 1 is 1.53 bits per heavy atom. The van der Waals surface area contributed by atoms with Crippen molar-refractivity contribution >= 4 is 0 Å². The van der Waals surface area contributed by atoms with Gasteiger partial charge in [0.05, 0.1) is 6.54 Å². The molecule has 0 saturated carbocycles. The van der Waals surface area contributed by atoms with E-state index in [0.717, 1.165) is 24.0 Å². The highest BCUT2D eigenvalue weighted by Crippen LogP contribution is 2.16. The maximum absolute atomic E-state index is 4.44. The van der Waals surface area contributed by atoms with E-state index in [9.17, 15) is 0 Å². The van der Waals surface area contributed by atoms with Gasteiger partial charge in [-0.1, -0.05) is 6.92 Å². The first kappa shape index (κ1) is 10.6. The minimum atomic E-state index is 0.823. The lowest BCUT2D eigenvalue weighted by Gasteiger charge is -2.30. The smallest absolute Gasteiger partial charge is 0.142 e. The molecular weight excluding hydrogens is 186 g/mol. The van der Waals surface area contributed by atoms with Crippen LogP contribution in [0.1, 0.15) is 31.3 Å². The fourth-order valence-electron chi connectivity index (χ4n) is 2.21. The number of hydrogen-bond acceptors (Lipinski definition) is 3. The third-order valence-electron chi connectivity index (χ3n) is 2.95. The van der Waals surface area contributed by atoms with E-state index in [1.54, 1.807) is 0 Å². The molecular formula is C12H19N3. The van der Waals surface area contributed by atoms with Crippen molar-refractivity contribution in [1.29, 1.82) is 0 Å². The standard InChI is InChI=1S/C12H19N3/c1-10-4-3-7-15(8-10)9-12-13-6-5-11(2)14-12/h5-6,10H,3-4,7-9H2,1-2H3. The van der Waals surface area contributed by atoms with Crippen LogP contribution in [0.4, 0.5) is 0 Å². The topological polar surface area (TPSA) is 29.0 Å². The Morgan fingerprint density at radius 3 is 3.13 bits per heavy atom. The number of rotatable bonds is 2. The highest BCUT2D eigenvalue weighted by atomic mass is 15.1. The molecule has 1 unspecified atom stereocenters. The van der Waals surface area contributed by atoms with Crippen LogP contribution in [0, 0.1) is 12.8 Å². The summed E-state index contributed by atoms with van der Waals surface area (Å²) in [7, 11) is 0. The molecule has 1 saturated heterocycles. The van der Waals surface area contributed by atoms with Crippen molar-refractivity contribution in [3.63, 3.8) is 0 Å². The van der Waals surface area contributed by atoms with Crippen molar-refractivity contribution in [2.24, 2.45) is 5.92 Å². The van der Waals surface area contributed by atoms with Crippen LogP contribution < -0.4 is 0 Å². The molecule has 3 heteroatoms. The summed E-state index contributed by atoms with van der Waals surface area (Å²) in [5, 5.41) is 0. The summed E-state index contributed by atoms with van der Waals surface area (Å²) in [6.45, 7) is 7.64. The zero-order valence-corrected chi connectivity index (χ0v) is 9.61. The molecule has 3 nitrogen and oxygen atoms in total. The van der Waals surface area contributed by atoms with Gasteiger partial charge in [-0.2, -0.15) is 0 Å². The van der Waals surface area contributed by atoms with Gasteiger partial charge >= 0.3 is 0 Å². The summed E-state index contributed by atoms with van der Waals surface area (Å²) < 4.78 is 0. The zero-order chi connectivity index (χ0) is 10.7. The van der Waals surface area contributed by atoms with E-state index in [2.05, 4.69) is 21.8 Å². The van der Waals surface area contributed by atoms with Crippen LogP contribution in [-0.2, 0) is 6.54 Å². The summed E-state index contributed by atoms with van der Waals surface area (Å²) in [6, 6.07) is 1.95. The van der Waals surface area contributed by atoms with Crippen LogP contribution in [0.15, 0.2) is 12.3 Å². The molecule has 0 N–H and O–H groups in total. The molecule has 15 heavy (non-hydrogen) atoms. The third-order valence-corrected chi connectivity index (χ3v) is 2.95. The number of hydrogen-bond donors (Lipinski definition) is 0. The van der Waals surface area contributed by atoms with Gasteiger partial charge in [0.2, 0.25) is 0 Å². The molecule has 2 heterocycles. The largest absolute Gasteiger partial charge is 0.296 e. The highest BCUT2D eigenvalue weighted by Gasteiger charge is 2.16. The van der Waals surface area contributed by atoms with E-state index in [-0.39, 0.29) is 0 Å². The van der Waals surface area contributed by atoms with Gasteiger partial charge in [-0.25, -0.2) is 9.97 Å². The number of aromatic nitrogens is 2. The second-order valence-corrected chi connectivity index (χ2v) is 4.60. The van der Waals surface area contributed by atoms with Gasteiger partial charge in [-0.15, -0.1) is 0 Å². The molecule has 1 aromatic rings. The molecule has 0 bridgehead atoms. The van der Waals surface area contributed by atoms with Crippen molar-refractivity contribution in [3.8, 4) is 0 Å². The van der Waals surface area contributed by atoms with Crippen molar-refractivity contribution in [1.82, 2.24) is 14.9 Å². The molecule has 0 aliphatic carbocycles. The van der Waals surface area contributed by atoms with Gasteiger partial charge < -0.3 is 0 Å². The summed E-state index contributed by atoms with van der Waals surface area (Å²) in [5.41, 5.74) is 1.06. The first-order valence-corrected chi connectivity index (χ1v) is 5.75. The van der Waals surface area contributed by atoms with Crippen LogP contribution in [0.2, 0.25) is 0 Å². The van der Waals surface area contributed by atoms with E-state index in [1.807, 2.05) is 19.2 Å². The molecule has 0 amide bonds. The minimum absolute atomic E-state index is 0.823. The first-order valence-electron chi connectivity index (χ1n) is 5.75. The molecule has 82 valence electrons. The lowest BCUT2D eigenvalue weighted by Crippen LogP contribution is -2.34. The average Bonchev–Trinajstić information content (AvgIpc) is 2.17. The molecule has 1 aromatic heterocycles. The Hall–Kier alpha value is -0.960. The molecule has 0 spiro atoms. The van der Waals surface area contributed by atoms with Crippen LogP contribution >= 0.6 is 0 Å². The Bertz CT molecular complexity index is 324.